The van der Waals surface area contributed by atoms with Gasteiger partial charge in [0.05, 0.1) is 0 Å². The largest absolute Gasteiger partial charge is 0.294 e. The van der Waals surface area contributed by atoms with Crippen LogP contribution in [0.2, 0.25) is 0 Å². The second-order valence-corrected chi connectivity index (χ2v) is 6.99. The molecule has 0 spiro atoms. The molecule has 2 aromatic carbocycles. The number of amides is 2. The lowest BCUT2D eigenvalue weighted by Crippen LogP contribution is -2.22. The van der Waals surface area contributed by atoms with Crippen LogP contribution in [0.4, 0.5) is 0 Å². The normalized spacial score (nSPS) is 21.3. The number of imide groups is 1. The lowest BCUT2D eigenvalue weighted by Gasteiger charge is -2.14. The first-order valence-electron chi connectivity index (χ1n) is 6.52. The number of thioether (sulfide) groups is 2. The molecule has 0 aliphatic carbocycles. The van der Waals surface area contributed by atoms with Crippen molar-refractivity contribution in [3.63, 3.8) is 0 Å². The maximum absolute atomic E-state index is 12.0. The van der Waals surface area contributed by atoms with Crippen molar-refractivity contribution >= 4 is 35.3 Å². The highest BCUT2D eigenvalue weighted by atomic mass is 32.2. The van der Waals surface area contributed by atoms with Gasteiger partial charge < -0.3 is 0 Å². The summed E-state index contributed by atoms with van der Waals surface area (Å²) in [5.41, 5.74) is 0. The van der Waals surface area contributed by atoms with E-state index in [2.05, 4.69) is 5.32 Å². The van der Waals surface area contributed by atoms with Gasteiger partial charge in [0.1, 0.15) is 10.5 Å². The molecule has 1 saturated heterocycles. The third-order valence-electron chi connectivity index (χ3n) is 3.05. The van der Waals surface area contributed by atoms with Crippen molar-refractivity contribution in [3.8, 4) is 0 Å². The average Bonchev–Trinajstić information content (AvgIpc) is 2.76. The Bertz CT molecular complexity index is 588. The van der Waals surface area contributed by atoms with Gasteiger partial charge in [0, 0.05) is 9.79 Å². The number of nitrogens with one attached hydrogen (secondary N) is 1. The molecule has 1 heterocycles. The van der Waals surface area contributed by atoms with Crippen molar-refractivity contribution in [2.24, 2.45) is 0 Å². The zero-order valence-electron chi connectivity index (χ0n) is 11.1. The minimum atomic E-state index is -0.398. The summed E-state index contributed by atoms with van der Waals surface area (Å²) in [5.74, 6) is -0.412. The fourth-order valence-electron chi connectivity index (χ4n) is 2.06. The maximum Gasteiger partial charge on any atom is 0.241 e. The zero-order valence-corrected chi connectivity index (χ0v) is 12.7. The summed E-state index contributed by atoms with van der Waals surface area (Å²) in [6, 6.07) is 19.4. The predicted octanol–water partition coefficient (Wildman–Crippen LogP) is 2.96. The van der Waals surface area contributed by atoms with Crippen molar-refractivity contribution in [1.82, 2.24) is 5.32 Å². The highest BCUT2D eigenvalue weighted by molar-refractivity contribution is 8.05. The van der Waals surface area contributed by atoms with E-state index in [1.807, 2.05) is 60.7 Å². The molecule has 2 amide bonds. The van der Waals surface area contributed by atoms with Crippen LogP contribution in [0.5, 0.6) is 0 Å². The van der Waals surface area contributed by atoms with Crippen LogP contribution in [0.15, 0.2) is 70.5 Å². The summed E-state index contributed by atoms with van der Waals surface area (Å²) in [6.07, 6.45) is 0. The highest BCUT2D eigenvalue weighted by Gasteiger charge is 2.42. The van der Waals surface area contributed by atoms with Crippen LogP contribution in [-0.2, 0) is 9.59 Å². The van der Waals surface area contributed by atoms with E-state index < -0.39 is 10.5 Å². The van der Waals surface area contributed by atoms with E-state index >= 15 is 0 Å². The molecule has 106 valence electrons. The Morgan fingerprint density at radius 2 is 1.05 bits per heavy atom. The van der Waals surface area contributed by atoms with Gasteiger partial charge in [0.15, 0.2) is 0 Å². The van der Waals surface area contributed by atoms with E-state index in [0.29, 0.717) is 0 Å². The summed E-state index contributed by atoms with van der Waals surface area (Å²) < 4.78 is 0. The number of carbonyl (C=O) groups excluding carboxylic acids is 2. The number of benzene rings is 2. The Morgan fingerprint density at radius 3 is 1.43 bits per heavy atom. The first kappa shape index (κ1) is 14.2. The maximum atomic E-state index is 12.0. The van der Waals surface area contributed by atoms with Gasteiger partial charge in [-0.15, -0.1) is 23.5 Å². The Balaban J connectivity index is 1.79. The average molecular weight is 315 g/mol. The molecular weight excluding hydrogens is 302 g/mol. The summed E-state index contributed by atoms with van der Waals surface area (Å²) in [7, 11) is 0. The molecule has 0 aromatic heterocycles. The van der Waals surface area contributed by atoms with Crippen LogP contribution in [0, 0.1) is 0 Å². The Labute approximate surface area is 131 Å². The topological polar surface area (TPSA) is 46.2 Å². The van der Waals surface area contributed by atoms with E-state index in [1.165, 1.54) is 23.5 Å². The molecule has 21 heavy (non-hydrogen) atoms. The monoisotopic (exact) mass is 315 g/mol. The van der Waals surface area contributed by atoms with Crippen molar-refractivity contribution in [1.29, 1.82) is 0 Å². The molecule has 0 saturated carbocycles. The molecule has 5 heteroatoms. The zero-order chi connectivity index (χ0) is 14.7. The Morgan fingerprint density at radius 1 is 0.667 bits per heavy atom. The second kappa shape index (κ2) is 6.37. The molecule has 1 aliphatic rings. The fraction of sp³-hybridized carbons (Fsp3) is 0.125. The molecule has 1 aliphatic heterocycles. The van der Waals surface area contributed by atoms with Crippen LogP contribution in [0.1, 0.15) is 0 Å². The highest BCUT2D eigenvalue weighted by Crippen LogP contribution is 2.37. The van der Waals surface area contributed by atoms with E-state index in [9.17, 15) is 9.59 Å². The Hall–Kier alpha value is -1.72. The van der Waals surface area contributed by atoms with Gasteiger partial charge in [0.2, 0.25) is 11.8 Å². The van der Waals surface area contributed by atoms with Gasteiger partial charge >= 0.3 is 0 Å². The number of rotatable bonds is 4. The van der Waals surface area contributed by atoms with E-state index in [1.54, 1.807) is 0 Å². The van der Waals surface area contributed by atoms with E-state index in [4.69, 9.17) is 0 Å². The number of hydrogen-bond acceptors (Lipinski definition) is 4. The smallest absolute Gasteiger partial charge is 0.241 e. The van der Waals surface area contributed by atoms with Crippen LogP contribution in [-0.4, -0.2) is 22.3 Å². The summed E-state index contributed by atoms with van der Waals surface area (Å²) >= 11 is 2.87. The molecule has 2 aromatic rings. The molecule has 0 bridgehead atoms. The summed E-state index contributed by atoms with van der Waals surface area (Å²) in [4.78, 5) is 26.0. The molecule has 2 unspecified atom stereocenters. The van der Waals surface area contributed by atoms with Gasteiger partial charge in [-0.1, -0.05) is 36.4 Å². The minimum absolute atomic E-state index is 0.206. The third-order valence-corrected chi connectivity index (χ3v) is 5.79. The fourth-order valence-corrected chi connectivity index (χ4v) is 4.44. The van der Waals surface area contributed by atoms with E-state index in [-0.39, 0.29) is 11.8 Å². The van der Waals surface area contributed by atoms with Crippen LogP contribution < -0.4 is 5.32 Å². The molecule has 0 radical (unpaired) electrons. The van der Waals surface area contributed by atoms with Gasteiger partial charge in [-0.2, -0.15) is 0 Å². The standard InChI is InChI=1S/C16H13NO2S2/c18-15-13(20-11-7-3-1-4-8-11)14(16(19)17-15)21-12-9-5-2-6-10-12/h1-10,13-14H,(H,17,18,19). The van der Waals surface area contributed by atoms with Crippen LogP contribution in [0.25, 0.3) is 0 Å². The second-order valence-electron chi connectivity index (χ2n) is 4.56. The van der Waals surface area contributed by atoms with Gasteiger partial charge in [-0.25, -0.2) is 0 Å². The molecule has 3 rings (SSSR count). The lowest BCUT2D eigenvalue weighted by molar-refractivity contribution is -0.124. The summed E-state index contributed by atoms with van der Waals surface area (Å²) in [5, 5.41) is 1.64. The van der Waals surface area contributed by atoms with Gasteiger partial charge in [0.25, 0.3) is 0 Å². The predicted molar refractivity (Wildman–Crippen MR) is 85.3 cm³/mol. The van der Waals surface area contributed by atoms with Gasteiger partial charge in [-0.3, -0.25) is 14.9 Å². The van der Waals surface area contributed by atoms with Crippen molar-refractivity contribution in [2.45, 2.75) is 20.3 Å². The molecule has 2 atom stereocenters. The van der Waals surface area contributed by atoms with Crippen molar-refractivity contribution < 1.29 is 9.59 Å². The lowest BCUT2D eigenvalue weighted by atomic mass is 10.3. The van der Waals surface area contributed by atoms with Crippen molar-refractivity contribution in [3.05, 3.63) is 60.7 Å². The minimum Gasteiger partial charge on any atom is -0.294 e. The molecule has 1 N–H and O–H groups in total. The summed E-state index contributed by atoms with van der Waals surface area (Å²) in [6.45, 7) is 0. The first-order valence-corrected chi connectivity index (χ1v) is 8.28. The number of carbonyl (C=O) groups is 2. The van der Waals surface area contributed by atoms with Crippen LogP contribution >= 0.6 is 23.5 Å². The Kier molecular flexibility index (Phi) is 4.31. The molecule has 3 nitrogen and oxygen atoms in total. The number of hydrogen-bond donors (Lipinski definition) is 1. The SMILES string of the molecule is O=C1NC(=O)C(Sc2ccccc2)C1Sc1ccccc1. The third kappa shape index (κ3) is 3.31. The van der Waals surface area contributed by atoms with Gasteiger partial charge in [-0.05, 0) is 24.3 Å². The first-order chi connectivity index (χ1) is 10.2. The van der Waals surface area contributed by atoms with E-state index in [0.717, 1.165) is 9.79 Å². The quantitative estimate of drug-likeness (QED) is 0.881. The molecular formula is C16H13NO2S2. The van der Waals surface area contributed by atoms with Crippen LogP contribution in [0.3, 0.4) is 0 Å². The molecule has 1 fully saturated rings. The van der Waals surface area contributed by atoms with Crippen molar-refractivity contribution in [2.75, 3.05) is 0 Å².